The summed E-state index contributed by atoms with van der Waals surface area (Å²) in [5, 5.41) is 13.7. The molecule has 0 aliphatic heterocycles. The fraction of sp³-hybridized carbons (Fsp3) is 0. The van der Waals surface area contributed by atoms with Crippen LogP contribution in [-0.4, -0.2) is 19.9 Å². The molecule has 0 atom stereocenters. The SMILES string of the molecule is N#Cc1cnc(Nc2nccc3nc(-c4c(Cl)cccc4Cl)sc23)cn1. The molecule has 3 heterocycles. The van der Waals surface area contributed by atoms with Gasteiger partial charge < -0.3 is 5.32 Å². The molecule has 26 heavy (non-hydrogen) atoms. The van der Waals surface area contributed by atoms with Crippen LogP contribution < -0.4 is 5.32 Å². The predicted molar refractivity (Wildman–Crippen MR) is 103 cm³/mol. The third kappa shape index (κ3) is 3.06. The number of nitriles is 1. The van der Waals surface area contributed by atoms with Gasteiger partial charge in [0.25, 0.3) is 0 Å². The number of aromatic nitrogens is 4. The number of fused-ring (bicyclic) bond motifs is 1. The predicted octanol–water partition coefficient (Wildman–Crippen LogP) is 5.07. The van der Waals surface area contributed by atoms with Crippen molar-refractivity contribution in [2.75, 3.05) is 5.32 Å². The Morgan fingerprint density at radius 3 is 2.54 bits per heavy atom. The topological polar surface area (TPSA) is 87.4 Å². The van der Waals surface area contributed by atoms with Crippen molar-refractivity contribution in [2.45, 2.75) is 0 Å². The lowest BCUT2D eigenvalue weighted by Gasteiger charge is -2.04. The average molecular weight is 399 g/mol. The van der Waals surface area contributed by atoms with Crippen molar-refractivity contribution in [3.05, 3.63) is 58.6 Å². The molecule has 0 aliphatic carbocycles. The summed E-state index contributed by atoms with van der Waals surface area (Å²) in [5.41, 5.74) is 1.70. The standard InChI is InChI=1S/C17H8Cl2N6S/c18-10-2-1-3-11(19)14(10)17-24-12-4-5-21-16(15(12)26-17)25-13-8-22-9(6-20)7-23-13/h1-5,7-8H,(H,21,23,25). The zero-order valence-electron chi connectivity index (χ0n) is 12.9. The van der Waals surface area contributed by atoms with E-state index in [1.807, 2.05) is 12.1 Å². The summed E-state index contributed by atoms with van der Waals surface area (Å²) in [7, 11) is 0. The van der Waals surface area contributed by atoms with Gasteiger partial charge in [-0.2, -0.15) is 5.26 Å². The van der Waals surface area contributed by atoms with E-state index in [0.29, 0.717) is 32.3 Å². The van der Waals surface area contributed by atoms with Gasteiger partial charge in [-0.15, -0.1) is 11.3 Å². The Morgan fingerprint density at radius 2 is 1.85 bits per heavy atom. The number of anilines is 2. The molecule has 0 fully saturated rings. The number of thiazole rings is 1. The second-order valence-corrected chi connectivity index (χ2v) is 6.96. The molecular formula is C17H8Cl2N6S. The normalized spacial score (nSPS) is 10.7. The minimum absolute atomic E-state index is 0.246. The molecule has 0 radical (unpaired) electrons. The molecule has 0 aliphatic rings. The maximum atomic E-state index is 8.80. The minimum atomic E-state index is 0.246. The van der Waals surface area contributed by atoms with Crippen LogP contribution in [0.25, 0.3) is 20.8 Å². The number of pyridine rings is 1. The van der Waals surface area contributed by atoms with Crippen LogP contribution in [0.4, 0.5) is 11.6 Å². The van der Waals surface area contributed by atoms with Crippen LogP contribution in [0.2, 0.25) is 10.0 Å². The molecule has 1 aromatic carbocycles. The lowest BCUT2D eigenvalue weighted by molar-refractivity contribution is 1.16. The van der Waals surface area contributed by atoms with Crippen molar-refractivity contribution in [1.82, 2.24) is 19.9 Å². The Balaban J connectivity index is 1.77. The Kier molecular flexibility index (Phi) is 4.39. The van der Waals surface area contributed by atoms with Gasteiger partial charge in [-0.1, -0.05) is 29.3 Å². The van der Waals surface area contributed by atoms with Gasteiger partial charge in [-0.05, 0) is 18.2 Å². The molecular weight excluding hydrogens is 391 g/mol. The lowest BCUT2D eigenvalue weighted by atomic mass is 10.2. The van der Waals surface area contributed by atoms with E-state index >= 15 is 0 Å². The van der Waals surface area contributed by atoms with Crippen molar-refractivity contribution in [3.63, 3.8) is 0 Å². The van der Waals surface area contributed by atoms with Gasteiger partial charge in [0, 0.05) is 11.8 Å². The summed E-state index contributed by atoms with van der Waals surface area (Å²) >= 11 is 14.0. The molecule has 3 aromatic heterocycles. The molecule has 0 unspecified atom stereocenters. The second kappa shape index (κ2) is 6.84. The summed E-state index contributed by atoms with van der Waals surface area (Å²) in [6.45, 7) is 0. The van der Waals surface area contributed by atoms with Crippen LogP contribution in [0.1, 0.15) is 5.69 Å². The Morgan fingerprint density at radius 1 is 1.04 bits per heavy atom. The van der Waals surface area contributed by atoms with Crippen LogP contribution in [0, 0.1) is 11.3 Å². The highest BCUT2D eigenvalue weighted by Crippen LogP contribution is 2.40. The van der Waals surface area contributed by atoms with Crippen molar-refractivity contribution in [3.8, 4) is 16.6 Å². The maximum Gasteiger partial charge on any atom is 0.158 e. The Bertz CT molecular complexity index is 1130. The number of halogens is 2. The molecule has 9 heteroatoms. The van der Waals surface area contributed by atoms with Gasteiger partial charge in [-0.3, -0.25) is 0 Å². The fourth-order valence-corrected chi connectivity index (χ4v) is 4.09. The third-order valence-electron chi connectivity index (χ3n) is 3.49. The number of hydrogen-bond acceptors (Lipinski definition) is 7. The second-order valence-electron chi connectivity index (χ2n) is 5.15. The monoisotopic (exact) mass is 398 g/mol. The first-order valence-corrected chi connectivity index (χ1v) is 8.92. The third-order valence-corrected chi connectivity index (χ3v) is 5.22. The van der Waals surface area contributed by atoms with E-state index in [-0.39, 0.29) is 5.69 Å². The Hall–Kier alpha value is -2.79. The van der Waals surface area contributed by atoms with Gasteiger partial charge in [0.15, 0.2) is 11.5 Å². The first-order chi connectivity index (χ1) is 12.7. The highest BCUT2D eigenvalue weighted by molar-refractivity contribution is 7.22. The number of nitrogens with zero attached hydrogens (tertiary/aromatic N) is 5. The largest absolute Gasteiger partial charge is 0.322 e. The number of hydrogen-bond donors (Lipinski definition) is 1. The minimum Gasteiger partial charge on any atom is -0.322 e. The van der Waals surface area contributed by atoms with E-state index < -0.39 is 0 Å². The summed E-state index contributed by atoms with van der Waals surface area (Å²) in [6.07, 6.45) is 4.52. The lowest BCUT2D eigenvalue weighted by Crippen LogP contribution is -1.97. The molecule has 1 N–H and O–H groups in total. The number of rotatable bonds is 3. The molecule has 0 saturated carbocycles. The van der Waals surface area contributed by atoms with E-state index in [9.17, 15) is 0 Å². The van der Waals surface area contributed by atoms with E-state index in [0.717, 1.165) is 10.2 Å². The smallest absolute Gasteiger partial charge is 0.158 e. The summed E-state index contributed by atoms with van der Waals surface area (Å²) in [6, 6.07) is 9.09. The zero-order valence-corrected chi connectivity index (χ0v) is 15.3. The van der Waals surface area contributed by atoms with Crippen LogP contribution >= 0.6 is 34.5 Å². The fourth-order valence-electron chi connectivity index (χ4n) is 2.33. The van der Waals surface area contributed by atoms with Crippen molar-refractivity contribution in [2.24, 2.45) is 0 Å². The van der Waals surface area contributed by atoms with E-state index in [1.165, 1.54) is 23.7 Å². The van der Waals surface area contributed by atoms with E-state index in [2.05, 4.69) is 25.3 Å². The molecule has 0 bridgehead atoms. The molecule has 6 nitrogen and oxygen atoms in total. The molecule has 126 valence electrons. The van der Waals surface area contributed by atoms with Gasteiger partial charge in [0.05, 0.1) is 32.7 Å². The highest BCUT2D eigenvalue weighted by atomic mass is 35.5. The first kappa shape index (κ1) is 16.7. The first-order valence-electron chi connectivity index (χ1n) is 7.35. The Labute approximate surface area is 162 Å². The highest BCUT2D eigenvalue weighted by Gasteiger charge is 2.16. The van der Waals surface area contributed by atoms with Crippen LogP contribution in [0.15, 0.2) is 42.9 Å². The molecule has 0 saturated heterocycles. The summed E-state index contributed by atoms with van der Waals surface area (Å²) < 4.78 is 0.838. The molecule has 4 aromatic rings. The number of benzene rings is 1. The quantitative estimate of drug-likeness (QED) is 0.518. The molecule has 0 amide bonds. The maximum absolute atomic E-state index is 8.80. The van der Waals surface area contributed by atoms with E-state index in [1.54, 1.807) is 24.4 Å². The summed E-state index contributed by atoms with van der Waals surface area (Å²) in [5.74, 6) is 1.07. The van der Waals surface area contributed by atoms with Crippen LogP contribution in [0.3, 0.4) is 0 Å². The van der Waals surface area contributed by atoms with Gasteiger partial charge in [-0.25, -0.2) is 19.9 Å². The van der Waals surface area contributed by atoms with Gasteiger partial charge in [0.2, 0.25) is 0 Å². The number of nitrogens with one attached hydrogen (secondary N) is 1. The van der Waals surface area contributed by atoms with Gasteiger partial charge in [0.1, 0.15) is 16.9 Å². The van der Waals surface area contributed by atoms with Gasteiger partial charge >= 0.3 is 0 Å². The average Bonchev–Trinajstić information content (AvgIpc) is 3.07. The molecule has 4 rings (SSSR count). The molecule has 0 spiro atoms. The van der Waals surface area contributed by atoms with E-state index in [4.69, 9.17) is 28.5 Å². The van der Waals surface area contributed by atoms with Crippen LogP contribution in [-0.2, 0) is 0 Å². The zero-order chi connectivity index (χ0) is 18.1. The van der Waals surface area contributed by atoms with Crippen molar-refractivity contribution >= 4 is 56.4 Å². The summed E-state index contributed by atoms with van der Waals surface area (Å²) in [4.78, 5) is 17.1. The van der Waals surface area contributed by atoms with Crippen LogP contribution in [0.5, 0.6) is 0 Å². The van der Waals surface area contributed by atoms with Crippen molar-refractivity contribution < 1.29 is 0 Å². The van der Waals surface area contributed by atoms with Crippen molar-refractivity contribution in [1.29, 1.82) is 5.26 Å².